The van der Waals surface area contributed by atoms with Gasteiger partial charge >= 0.3 is 0 Å². The van der Waals surface area contributed by atoms with E-state index in [0.717, 1.165) is 0 Å². The quantitative estimate of drug-likeness (QED) is 0.518. The third-order valence-corrected chi connectivity index (χ3v) is 1.61. The van der Waals surface area contributed by atoms with Crippen molar-refractivity contribution in [3.8, 4) is 0 Å². The highest BCUT2D eigenvalue weighted by atomic mass is 32.2. The SMILES string of the molecule is C[S+]([O-])c1cc[c]nn1. The maximum Gasteiger partial charge on any atom is 0.263 e. The second kappa shape index (κ2) is 2.80. The molecule has 1 atom stereocenters. The van der Waals surface area contributed by atoms with Crippen molar-refractivity contribution in [2.24, 2.45) is 0 Å². The fourth-order valence-electron chi connectivity index (χ4n) is 0.407. The Morgan fingerprint density at radius 2 is 2.56 bits per heavy atom. The normalized spacial score (nSPS) is 13.1. The van der Waals surface area contributed by atoms with Gasteiger partial charge in [0.15, 0.2) is 0 Å². The average molecular weight is 141 g/mol. The monoisotopic (exact) mass is 141 g/mol. The molecule has 1 rings (SSSR count). The molecule has 9 heavy (non-hydrogen) atoms. The van der Waals surface area contributed by atoms with Gasteiger partial charge in [-0.3, -0.25) is 0 Å². The van der Waals surface area contributed by atoms with Crippen LogP contribution in [0, 0.1) is 6.20 Å². The Labute approximate surface area is 56.3 Å². The van der Waals surface area contributed by atoms with Crippen LogP contribution in [-0.2, 0) is 11.2 Å². The summed E-state index contributed by atoms with van der Waals surface area (Å²) in [6.07, 6.45) is 4.05. The number of hydrogen-bond donors (Lipinski definition) is 0. The summed E-state index contributed by atoms with van der Waals surface area (Å²) in [5, 5.41) is 7.50. The highest BCUT2D eigenvalue weighted by Gasteiger charge is 2.02. The van der Waals surface area contributed by atoms with Gasteiger partial charge < -0.3 is 4.55 Å². The third-order valence-electron chi connectivity index (χ3n) is 0.801. The van der Waals surface area contributed by atoms with Crippen LogP contribution in [0.5, 0.6) is 0 Å². The van der Waals surface area contributed by atoms with E-state index in [0.29, 0.717) is 5.03 Å². The second-order valence-corrected chi connectivity index (χ2v) is 2.78. The summed E-state index contributed by atoms with van der Waals surface area (Å²) in [5.74, 6) is 0. The molecule has 1 unspecified atom stereocenters. The van der Waals surface area contributed by atoms with Gasteiger partial charge in [0.05, 0.1) is 0 Å². The minimum absolute atomic E-state index is 0.494. The predicted octanol–water partition coefficient (Wildman–Crippen LogP) is 0.0142. The summed E-state index contributed by atoms with van der Waals surface area (Å²) in [7, 11) is 0. The minimum Gasteiger partial charge on any atom is -0.610 e. The van der Waals surface area contributed by atoms with Gasteiger partial charge in [-0.05, 0) is 6.07 Å². The topological polar surface area (TPSA) is 48.8 Å². The lowest BCUT2D eigenvalue weighted by atomic mass is 10.6. The molecule has 0 aliphatic rings. The van der Waals surface area contributed by atoms with Gasteiger partial charge in [-0.2, -0.15) is 0 Å². The molecule has 0 aromatic carbocycles. The van der Waals surface area contributed by atoms with Gasteiger partial charge in [-0.15, -0.1) is 5.10 Å². The molecular formula is C5H5N2OS. The standard InChI is InChI=1S/C5H5N2OS/c1-9(8)5-3-2-4-6-7-5/h2-3H,1H3. The smallest absolute Gasteiger partial charge is 0.263 e. The molecule has 47 valence electrons. The van der Waals surface area contributed by atoms with Crippen LogP contribution in [0.4, 0.5) is 0 Å². The minimum atomic E-state index is -1.02. The van der Waals surface area contributed by atoms with Gasteiger partial charge in [0.2, 0.25) is 0 Å². The van der Waals surface area contributed by atoms with Gasteiger partial charge in [-0.1, -0.05) is 5.10 Å². The first-order valence-electron chi connectivity index (χ1n) is 2.34. The molecule has 0 saturated heterocycles. The molecular weight excluding hydrogens is 136 g/mol. The number of rotatable bonds is 1. The molecule has 1 aromatic heterocycles. The van der Waals surface area contributed by atoms with E-state index >= 15 is 0 Å². The van der Waals surface area contributed by atoms with E-state index in [4.69, 9.17) is 0 Å². The molecule has 0 amide bonds. The molecule has 0 bridgehead atoms. The molecule has 0 aliphatic carbocycles. The average Bonchev–Trinajstić information content (AvgIpc) is 1.90. The Kier molecular flexibility index (Phi) is 2.02. The molecule has 0 saturated carbocycles. The van der Waals surface area contributed by atoms with Crippen molar-refractivity contribution < 1.29 is 4.55 Å². The van der Waals surface area contributed by atoms with E-state index in [1.165, 1.54) is 0 Å². The summed E-state index contributed by atoms with van der Waals surface area (Å²) in [6.45, 7) is 0. The molecule has 1 aromatic rings. The first-order chi connectivity index (χ1) is 4.30. The van der Waals surface area contributed by atoms with Crippen molar-refractivity contribution in [2.75, 3.05) is 6.26 Å². The van der Waals surface area contributed by atoms with Crippen molar-refractivity contribution in [1.29, 1.82) is 0 Å². The Morgan fingerprint density at radius 1 is 1.78 bits per heavy atom. The van der Waals surface area contributed by atoms with Crippen molar-refractivity contribution in [1.82, 2.24) is 10.2 Å². The van der Waals surface area contributed by atoms with Crippen LogP contribution in [0.1, 0.15) is 0 Å². The van der Waals surface area contributed by atoms with Crippen LogP contribution in [-0.4, -0.2) is 21.0 Å². The maximum atomic E-state index is 10.6. The molecule has 4 heteroatoms. The summed E-state index contributed by atoms with van der Waals surface area (Å²) in [4.78, 5) is 0. The second-order valence-electron chi connectivity index (χ2n) is 1.45. The van der Waals surface area contributed by atoms with Gasteiger partial charge in [0.1, 0.15) is 12.5 Å². The molecule has 0 N–H and O–H groups in total. The molecule has 1 radical (unpaired) electrons. The first-order valence-corrected chi connectivity index (χ1v) is 3.90. The van der Waals surface area contributed by atoms with Crippen molar-refractivity contribution in [3.63, 3.8) is 0 Å². The zero-order valence-corrected chi connectivity index (χ0v) is 5.68. The molecule has 1 heterocycles. The fraction of sp³-hybridized carbons (Fsp3) is 0.200. The third kappa shape index (κ3) is 1.65. The van der Waals surface area contributed by atoms with E-state index in [9.17, 15) is 4.55 Å². The number of nitrogens with zero attached hydrogens (tertiary/aromatic N) is 2. The highest BCUT2D eigenvalue weighted by Crippen LogP contribution is 1.99. The largest absolute Gasteiger partial charge is 0.610 e. The van der Waals surface area contributed by atoms with Gasteiger partial charge in [0, 0.05) is 17.2 Å². The fourth-order valence-corrected chi connectivity index (χ4v) is 0.822. The Balaban J connectivity index is 2.85. The summed E-state index contributed by atoms with van der Waals surface area (Å²) >= 11 is -1.02. The van der Waals surface area contributed by atoms with E-state index in [-0.39, 0.29) is 0 Å². The lowest BCUT2D eigenvalue weighted by molar-refractivity contribution is 0.595. The van der Waals surface area contributed by atoms with Crippen LogP contribution in [0.2, 0.25) is 0 Å². The summed E-state index contributed by atoms with van der Waals surface area (Å²) in [5.41, 5.74) is 0. The van der Waals surface area contributed by atoms with Crippen molar-refractivity contribution in [2.45, 2.75) is 5.03 Å². The van der Waals surface area contributed by atoms with E-state index in [2.05, 4.69) is 16.4 Å². The Hall–Kier alpha value is -0.610. The van der Waals surface area contributed by atoms with Crippen molar-refractivity contribution in [3.05, 3.63) is 18.3 Å². The van der Waals surface area contributed by atoms with Gasteiger partial charge in [0.25, 0.3) is 5.03 Å². The lowest BCUT2D eigenvalue weighted by Crippen LogP contribution is -2.00. The highest BCUT2D eigenvalue weighted by molar-refractivity contribution is 7.90. The summed E-state index contributed by atoms with van der Waals surface area (Å²) in [6, 6.07) is 3.22. The van der Waals surface area contributed by atoms with Crippen LogP contribution >= 0.6 is 0 Å². The number of aromatic nitrogens is 2. The predicted molar refractivity (Wildman–Crippen MR) is 33.2 cm³/mol. The van der Waals surface area contributed by atoms with E-state index in [1.807, 2.05) is 0 Å². The van der Waals surface area contributed by atoms with Crippen LogP contribution in [0.15, 0.2) is 17.2 Å². The molecule has 0 aliphatic heterocycles. The van der Waals surface area contributed by atoms with Crippen LogP contribution in [0.25, 0.3) is 0 Å². The summed E-state index contributed by atoms with van der Waals surface area (Å²) < 4.78 is 10.6. The van der Waals surface area contributed by atoms with Crippen LogP contribution < -0.4 is 0 Å². The van der Waals surface area contributed by atoms with Gasteiger partial charge in [-0.25, -0.2) is 0 Å². The zero-order valence-electron chi connectivity index (χ0n) is 4.87. The van der Waals surface area contributed by atoms with E-state index in [1.54, 1.807) is 18.4 Å². The number of hydrogen-bond acceptors (Lipinski definition) is 3. The first kappa shape index (κ1) is 6.51. The Bertz CT molecular complexity index is 178. The molecule has 0 spiro atoms. The maximum absolute atomic E-state index is 10.6. The zero-order chi connectivity index (χ0) is 6.69. The van der Waals surface area contributed by atoms with Crippen LogP contribution in [0.3, 0.4) is 0 Å². The molecule has 3 nitrogen and oxygen atoms in total. The van der Waals surface area contributed by atoms with E-state index < -0.39 is 11.2 Å². The Morgan fingerprint density at radius 3 is 2.89 bits per heavy atom. The van der Waals surface area contributed by atoms with Crippen molar-refractivity contribution >= 4 is 11.2 Å². The lowest BCUT2D eigenvalue weighted by Gasteiger charge is -1.98. The molecule has 0 fully saturated rings.